The maximum absolute atomic E-state index is 12.4. The summed E-state index contributed by atoms with van der Waals surface area (Å²) in [5.74, 6) is -4.80. The summed E-state index contributed by atoms with van der Waals surface area (Å²) >= 11 is 0. The van der Waals surface area contributed by atoms with Gasteiger partial charge in [0.05, 0.1) is 0 Å². The SMILES string of the molecule is CNC(=O)OCC(F)(F)C(F)C(F)(F)F. The number of carbonyl (C=O) groups excluding carboxylic acids is 1. The third kappa shape index (κ3) is 4.26. The molecule has 0 aliphatic carbocycles. The Kier molecular flexibility index (Phi) is 4.23. The van der Waals surface area contributed by atoms with Crippen molar-refractivity contribution in [1.82, 2.24) is 5.32 Å². The second-order valence-corrected chi connectivity index (χ2v) is 2.49. The molecule has 0 rings (SSSR count). The van der Waals surface area contributed by atoms with Crippen molar-refractivity contribution >= 4 is 6.09 Å². The van der Waals surface area contributed by atoms with Crippen LogP contribution in [-0.2, 0) is 4.74 Å². The maximum atomic E-state index is 12.4. The van der Waals surface area contributed by atoms with Crippen molar-refractivity contribution in [2.24, 2.45) is 0 Å². The highest BCUT2D eigenvalue weighted by Gasteiger charge is 2.57. The molecule has 0 saturated carbocycles. The van der Waals surface area contributed by atoms with Gasteiger partial charge in [-0.3, -0.25) is 0 Å². The Bertz CT molecular complexity index is 228. The van der Waals surface area contributed by atoms with Gasteiger partial charge in [-0.1, -0.05) is 0 Å². The quantitative estimate of drug-likeness (QED) is 0.763. The molecule has 1 atom stereocenters. The molecule has 1 amide bonds. The molecule has 0 aliphatic heterocycles. The van der Waals surface area contributed by atoms with Gasteiger partial charge in [0.2, 0.25) is 0 Å². The fourth-order valence-electron chi connectivity index (χ4n) is 0.547. The summed E-state index contributed by atoms with van der Waals surface area (Å²) in [7, 11) is 1.01. The first-order chi connectivity index (χ1) is 6.61. The van der Waals surface area contributed by atoms with Gasteiger partial charge in [0.1, 0.15) is 0 Å². The number of carbonyl (C=O) groups is 1. The van der Waals surface area contributed by atoms with Crippen molar-refractivity contribution in [2.75, 3.05) is 13.7 Å². The van der Waals surface area contributed by atoms with Gasteiger partial charge in [0.15, 0.2) is 6.61 Å². The molecule has 0 spiro atoms. The molecule has 0 aromatic carbocycles. The second-order valence-electron chi connectivity index (χ2n) is 2.49. The topological polar surface area (TPSA) is 38.3 Å². The Balaban J connectivity index is 4.35. The van der Waals surface area contributed by atoms with Gasteiger partial charge >= 0.3 is 18.2 Å². The van der Waals surface area contributed by atoms with Crippen LogP contribution in [0.1, 0.15) is 0 Å². The van der Waals surface area contributed by atoms with E-state index >= 15 is 0 Å². The van der Waals surface area contributed by atoms with Gasteiger partial charge in [-0.2, -0.15) is 22.0 Å². The standard InChI is InChI=1S/C6H7F6NO2/c1-13-4(14)15-2-5(8,9)3(7)6(10,11)12/h3H,2H2,1H3,(H,13,14). The van der Waals surface area contributed by atoms with E-state index in [4.69, 9.17) is 0 Å². The van der Waals surface area contributed by atoms with Crippen LogP contribution in [0.25, 0.3) is 0 Å². The van der Waals surface area contributed by atoms with Crippen LogP contribution in [0.3, 0.4) is 0 Å². The van der Waals surface area contributed by atoms with Crippen molar-refractivity contribution in [2.45, 2.75) is 18.3 Å². The fourth-order valence-corrected chi connectivity index (χ4v) is 0.547. The van der Waals surface area contributed by atoms with E-state index in [1.807, 2.05) is 0 Å². The zero-order valence-electron chi connectivity index (χ0n) is 7.37. The third-order valence-corrected chi connectivity index (χ3v) is 1.26. The molecular weight excluding hydrogens is 232 g/mol. The maximum Gasteiger partial charge on any atom is 0.425 e. The average Bonchev–Trinajstić information content (AvgIpc) is 2.11. The molecule has 0 radical (unpaired) electrons. The number of hydrogen-bond donors (Lipinski definition) is 1. The van der Waals surface area contributed by atoms with E-state index in [0.29, 0.717) is 0 Å². The summed E-state index contributed by atoms with van der Waals surface area (Å²) in [6.07, 6.45) is -11.4. The minimum atomic E-state index is -5.70. The Morgan fingerprint density at radius 2 is 1.80 bits per heavy atom. The monoisotopic (exact) mass is 239 g/mol. The lowest BCUT2D eigenvalue weighted by Crippen LogP contribution is -2.45. The smallest absolute Gasteiger partial charge is 0.425 e. The minimum Gasteiger partial charge on any atom is -0.443 e. The number of alkyl carbamates (subject to hydrolysis) is 1. The predicted molar refractivity (Wildman–Crippen MR) is 36.3 cm³/mol. The molecule has 9 heteroatoms. The first kappa shape index (κ1) is 13.8. The first-order valence-electron chi connectivity index (χ1n) is 3.54. The Morgan fingerprint density at radius 1 is 1.33 bits per heavy atom. The molecule has 0 aliphatic rings. The van der Waals surface area contributed by atoms with Crippen molar-refractivity contribution in [3.05, 3.63) is 0 Å². The van der Waals surface area contributed by atoms with Crippen molar-refractivity contribution < 1.29 is 35.9 Å². The number of alkyl halides is 6. The summed E-state index contributed by atoms with van der Waals surface area (Å²) in [6, 6.07) is 0. The highest BCUT2D eigenvalue weighted by molar-refractivity contribution is 5.66. The molecule has 1 unspecified atom stereocenters. The highest BCUT2D eigenvalue weighted by Crippen LogP contribution is 2.34. The lowest BCUT2D eigenvalue weighted by Gasteiger charge is -2.21. The molecule has 0 aromatic heterocycles. The fraction of sp³-hybridized carbons (Fsp3) is 0.833. The van der Waals surface area contributed by atoms with Crippen LogP contribution in [0.15, 0.2) is 0 Å². The molecule has 0 saturated heterocycles. The van der Waals surface area contributed by atoms with E-state index in [9.17, 15) is 31.1 Å². The van der Waals surface area contributed by atoms with Crippen LogP contribution in [0.2, 0.25) is 0 Å². The molecule has 0 fully saturated rings. The third-order valence-electron chi connectivity index (χ3n) is 1.26. The van der Waals surface area contributed by atoms with E-state index in [1.165, 1.54) is 0 Å². The largest absolute Gasteiger partial charge is 0.443 e. The van der Waals surface area contributed by atoms with Crippen LogP contribution in [0.4, 0.5) is 31.1 Å². The lowest BCUT2D eigenvalue weighted by atomic mass is 10.2. The zero-order valence-corrected chi connectivity index (χ0v) is 7.37. The highest BCUT2D eigenvalue weighted by atomic mass is 19.4. The van der Waals surface area contributed by atoms with Gasteiger partial charge in [0.25, 0.3) is 6.17 Å². The van der Waals surface area contributed by atoms with E-state index in [0.717, 1.165) is 7.05 Å². The number of hydrogen-bond acceptors (Lipinski definition) is 2. The summed E-state index contributed by atoms with van der Waals surface area (Å²) in [5, 5.41) is 1.72. The lowest BCUT2D eigenvalue weighted by molar-refractivity contribution is -0.251. The van der Waals surface area contributed by atoms with Gasteiger partial charge in [-0.05, 0) is 0 Å². The Labute approximate surface area is 80.4 Å². The van der Waals surface area contributed by atoms with Gasteiger partial charge in [-0.15, -0.1) is 0 Å². The summed E-state index contributed by atoms with van der Waals surface area (Å²) < 4.78 is 75.2. The molecule has 15 heavy (non-hydrogen) atoms. The van der Waals surface area contributed by atoms with Crippen molar-refractivity contribution in [3.63, 3.8) is 0 Å². The molecule has 0 aromatic rings. The van der Waals surface area contributed by atoms with E-state index in [-0.39, 0.29) is 0 Å². The summed E-state index contributed by atoms with van der Waals surface area (Å²) in [5.41, 5.74) is 0. The van der Waals surface area contributed by atoms with Gasteiger partial charge in [0, 0.05) is 7.05 Å². The van der Waals surface area contributed by atoms with E-state index in [2.05, 4.69) is 4.74 Å². The van der Waals surface area contributed by atoms with E-state index < -0.39 is 31.0 Å². The number of halogens is 6. The normalized spacial score (nSPS) is 14.6. The molecule has 3 nitrogen and oxygen atoms in total. The number of ether oxygens (including phenoxy) is 1. The Morgan fingerprint density at radius 3 is 2.13 bits per heavy atom. The molecule has 0 bridgehead atoms. The first-order valence-corrected chi connectivity index (χ1v) is 3.54. The van der Waals surface area contributed by atoms with Crippen LogP contribution in [0.5, 0.6) is 0 Å². The number of nitrogens with one attached hydrogen (secondary N) is 1. The molecule has 0 heterocycles. The van der Waals surface area contributed by atoms with Crippen molar-refractivity contribution in [1.29, 1.82) is 0 Å². The average molecular weight is 239 g/mol. The predicted octanol–water partition coefficient (Wildman–Crippen LogP) is 1.88. The second kappa shape index (κ2) is 4.58. The zero-order chi connectivity index (χ0) is 12.3. The van der Waals surface area contributed by atoms with Gasteiger partial charge < -0.3 is 10.1 Å². The molecular formula is C6H7F6NO2. The number of amides is 1. The van der Waals surface area contributed by atoms with Gasteiger partial charge in [-0.25, -0.2) is 9.18 Å². The Hall–Kier alpha value is -1.15. The summed E-state index contributed by atoms with van der Waals surface area (Å²) in [6.45, 7) is -1.98. The summed E-state index contributed by atoms with van der Waals surface area (Å²) in [4.78, 5) is 10.3. The van der Waals surface area contributed by atoms with Crippen LogP contribution >= 0.6 is 0 Å². The van der Waals surface area contributed by atoms with Crippen LogP contribution in [0, 0.1) is 0 Å². The molecule has 90 valence electrons. The molecule has 1 N–H and O–H groups in total. The van der Waals surface area contributed by atoms with Crippen LogP contribution < -0.4 is 5.32 Å². The van der Waals surface area contributed by atoms with E-state index in [1.54, 1.807) is 5.32 Å². The van der Waals surface area contributed by atoms with Crippen LogP contribution in [-0.4, -0.2) is 38.0 Å². The number of rotatable bonds is 3. The van der Waals surface area contributed by atoms with Crippen molar-refractivity contribution in [3.8, 4) is 0 Å². The minimum absolute atomic E-state index is 1.01.